The molecule has 4 rings (SSSR count). The van der Waals surface area contributed by atoms with E-state index in [1.54, 1.807) is 4.90 Å². The number of ketones is 1. The number of hydrogen-bond acceptors (Lipinski definition) is 2. The molecule has 122 valence electrons. The Labute approximate surface area is 146 Å². The van der Waals surface area contributed by atoms with Gasteiger partial charge in [0, 0.05) is 5.69 Å². The van der Waals surface area contributed by atoms with Crippen LogP contribution in [0.2, 0.25) is 0 Å². The highest BCUT2D eigenvalue weighted by atomic mass is 16.2. The second-order valence-corrected chi connectivity index (χ2v) is 6.12. The highest BCUT2D eigenvalue weighted by Crippen LogP contribution is 2.44. The molecule has 3 nitrogen and oxygen atoms in total. The first-order chi connectivity index (χ1) is 12.3. The zero-order valence-corrected chi connectivity index (χ0v) is 13.6. The third kappa shape index (κ3) is 2.64. The van der Waals surface area contributed by atoms with E-state index in [0.29, 0.717) is 0 Å². The molecule has 0 saturated carbocycles. The Morgan fingerprint density at radius 2 is 1.08 bits per heavy atom. The number of nitrogens with zero attached hydrogens (tertiary/aromatic N) is 1. The average molecular weight is 327 g/mol. The fraction of sp³-hybridized carbons (Fsp3) is 0.0909. The molecule has 0 radical (unpaired) electrons. The summed E-state index contributed by atoms with van der Waals surface area (Å²) in [6.07, 6.45) is 0. The normalized spacial score (nSPS) is 20.1. The van der Waals surface area contributed by atoms with Crippen LogP contribution in [0, 0.1) is 0 Å². The van der Waals surface area contributed by atoms with Crippen molar-refractivity contribution in [2.75, 3.05) is 4.90 Å². The summed E-state index contributed by atoms with van der Waals surface area (Å²) in [5, 5.41) is 0. The molecule has 1 saturated heterocycles. The lowest BCUT2D eigenvalue weighted by Crippen LogP contribution is -2.29. The van der Waals surface area contributed by atoms with Crippen LogP contribution in [0.5, 0.6) is 0 Å². The van der Waals surface area contributed by atoms with Crippen molar-refractivity contribution in [1.82, 2.24) is 0 Å². The summed E-state index contributed by atoms with van der Waals surface area (Å²) < 4.78 is 0. The van der Waals surface area contributed by atoms with Crippen LogP contribution < -0.4 is 4.90 Å². The van der Waals surface area contributed by atoms with Gasteiger partial charge in [0.1, 0.15) is 0 Å². The molecule has 3 aromatic carbocycles. The molecule has 1 amide bonds. The van der Waals surface area contributed by atoms with Crippen molar-refractivity contribution in [2.45, 2.75) is 12.0 Å². The van der Waals surface area contributed by atoms with Crippen molar-refractivity contribution in [3.8, 4) is 0 Å². The van der Waals surface area contributed by atoms with Crippen molar-refractivity contribution in [1.29, 1.82) is 0 Å². The summed E-state index contributed by atoms with van der Waals surface area (Å²) in [7, 11) is 0. The standard InChI is InChI=1S/C22H17NO2/c24-21-19(16-10-4-1-5-11-16)20(17-12-6-2-7-13-17)23(22(21)25)18-14-8-3-9-15-18/h1-15,19-20H/t19-,20-/m1/s1. The maximum atomic E-state index is 12.9. The Bertz CT molecular complexity index is 834. The largest absolute Gasteiger partial charge is 0.297 e. The fourth-order valence-electron chi connectivity index (χ4n) is 3.52. The lowest BCUT2D eigenvalue weighted by atomic mass is 9.87. The summed E-state index contributed by atoms with van der Waals surface area (Å²) >= 11 is 0. The van der Waals surface area contributed by atoms with Crippen molar-refractivity contribution in [3.05, 3.63) is 102 Å². The second-order valence-electron chi connectivity index (χ2n) is 6.12. The summed E-state index contributed by atoms with van der Waals surface area (Å²) in [5.74, 6) is -1.31. The van der Waals surface area contributed by atoms with Crippen LogP contribution in [0.15, 0.2) is 91.0 Å². The number of rotatable bonds is 3. The van der Waals surface area contributed by atoms with E-state index in [2.05, 4.69) is 0 Å². The quantitative estimate of drug-likeness (QED) is 0.678. The zero-order valence-electron chi connectivity index (χ0n) is 13.6. The molecule has 0 aromatic heterocycles. The third-order valence-electron chi connectivity index (χ3n) is 4.64. The van der Waals surface area contributed by atoms with Gasteiger partial charge < -0.3 is 0 Å². The van der Waals surface area contributed by atoms with Crippen LogP contribution >= 0.6 is 0 Å². The van der Waals surface area contributed by atoms with E-state index < -0.39 is 11.8 Å². The van der Waals surface area contributed by atoms with Crippen LogP contribution in [-0.2, 0) is 9.59 Å². The minimum absolute atomic E-state index is 0.342. The summed E-state index contributed by atoms with van der Waals surface area (Å²) in [5.41, 5.74) is 2.57. The Morgan fingerprint density at radius 1 is 0.600 bits per heavy atom. The van der Waals surface area contributed by atoms with Gasteiger partial charge in [-0.3, -0.25) is 14.5 Å². The SMILES string of the molecule is O=C1C(=O)N(c2ccccc2)[C@H](c2ccccc2)[C@H]1c1ccccc1. The molecule has 1 heterocycles. The first kappa shape index (κ1) is 15.3. The van der Waals surface area contributed by atoms with E-state index in [4.69, 9.17) is 0 Å². The van der Waals surface area contributed by atoms with Crippen molar-refractivity contribution >= 4 is 17.4 Å². The molecule has 0 aliphatic carbocycles. The zero-order chi connectivity index (χ0) is 17.2. The van der Waals surface area contributed by atoms with E-state index in [1.807, 2.05) is 91.0 Å². The van der Waals surface area contributed by atoms with Crippen LogP contribution in [0.1, 0.15) is 23.1 Å². The van der Waals surface area contributed by atoms with Crippen LogP contribution in [0.3, 0.4) is 0 Å². The van der Waals surface area contributed by atoms with Gasteiger partial charge in [-0.05, 0) is 23.3 Å². The van der Waals surface area contributed by atoms with E-state index in [0.717, 1.165) is 16.8 Å². The second kappa shape index (κ2) is 6.36. The van der Waals surface area contributed by atoms with Gasteiger partial charge in [-0.1, -0.05) is 78.9 Å². The molecule has 0 N–H and O–H groups in total. The van der Waals surface area contributed by atoms with E-state index in [9.17, 15) is 9.59 Å². The van der Waals surface area contributed by atoms with Gasteiger partial charge in [-0.15, -0.1) is 0 Å². The molecule has 25 heavy (non-hydrogen) atoms. The number of Topliss-reactive ketones (excluding diaryl/α,β-unsaturated/α-hetero) is 1. The Hall–Kier alpha value is -3.20. The smallest absolute Gasteiger partial charge is 0.295 e. The molecule has 3 heteroatoms. The molecule has 0 spiro atoms. The molecular weight excluding hydrogens is 310 g/mol. The molecular formula is C22H17NO2. The minimum atomic E-state index is -0.503. The first-order valence-electron chi connectivity index (χ1n) is 8.30. The van der Waals surface area contributed by atoms with Gasteiger partial charge in [-0.2, -0.15) is 0 Å². The number of amides is 1. The predicted octanol–water partition coefficient (Wildman–Crippen LogP) is 4.13. The lowest BCUT2D eigenvalue weighted by Gasteiger charge is -2.28. The molecule has 1 aliphatic rings. The highest BCUT2D eigenvalue weighted by Gasteiger charge is 2.49. The van der Waals surface area contributed by atoms with Crippen molar-refractivity contribution < 1.29 is 9.59 Å². The van der Waals surface area contributed by atoms with Gasteiger partial charge in [-0.25, -0.2) is 0 Å². The Balaban J connectivity index is 1.89. The molecule has 2 atom stereocenters. The van der Waals surface area contributed by atoms with Gasteiger partial charge in [0.15, 0.2) is 0 Å². The molecule has 1 aliphatic heterocycles. The number of anilines is 1. The van der Waals surface area contributed by atoms with Gasteiger partial charge in [0.25, 0.3) is 5.91 Å². The summed E-state index contributed by atoms with van der Waals surface area (Å²) in [6.45, 7) is 0. The van der Waals surface area contributed by atoms with Gasteiger partial charge >= 0.3 is 0 Å². The number of benzene rings is 3. The predicted molar refractivity (Wildman–Crippen MR) is 97.3 cm³/mol. The number of carbonyl (C=O) groups excluding carboxylic acids is 2. The Kier molecular flexibility index (Phi) is 3.90. The molecule has 0 bridgehead atoms. The maximum Gasteiger partial charge on any atom is 0.295 e. The molecule has 0 unspecified atom stereocenters. The number of para-hydroxylation sites is 1. The van der Waals surface area contributed by atoms with E-state index >= 15 is 0 Å². The molecule has 1 fully saturated rings. The third-order valence-corrected chi connectivity index (χ3v) is 4.64. The van der Waals surface area contributed by atoms with E-state index in [1.165, 1.54) is 0 Å². The van der Waals surface area contributed by atoms with Gasteiger partial charge in [0.05, 0.1) is 12.0 Å². The number of carbonyl (C=O) groups is 2. The monoisotopic (exact) mass is 327 g/mol. The maximum absolute atomic E-state index is 12.9. The van der Waals surface area contributed by atoms with E-state index in [-0.39, 0.29) is 11.8 Å². The first-order valence-corrected chi connectivity index (χ1v) is 8.30. The minimum Gasteiger partial charge on any atom is -0.297 e. The van der Waals surface area contributed by atoms with Crippen LogP contribution in [0.4, 0.5) is 5.69 Å². The number of hydrogen-bond donors (Lipinski definition) is 0. The van der Waals surface area contributed by atoms with Crippen LogP contribution in [-0.4, -0.2) is 11.7 Å². The topological polar surface area (TPSA) is 37.4 Å². The van der Waals surface area contributed by atoms with Gasteiger partial charge in [0.2, 0.25) is 5.78 Å². The highest BCUT2D eigenvalue weighted by molar-refractivity contribution is 6.46. The lowest BCUT2D eigenvalue weighted by molar-refractivity contribution is -0.134. The molecule has 3 aromatic rings. The fourth-order valence-corrected chi connectivity index (χ4v) is 3.52. The van der Waals surface area contributed by atoms with Crippen molar-refractivity contribution in [3.63, 3.8) is 0 Å². The Morgan fingerprint density at radius 3 is 1.64 bits per heavy atom. The van der Waals surface area contributed by atoms with Crippen molar-refractivity contribution in [2.24, 2.45) is 0 Å². The average Bonchev–Trinajstić information content (AvgIpc) is 2.95. The summed E-state index contributed by atoms with van der Waals surface area (Å²) in [4.78, 5) is 27.4. The summed E-state index contributed by atoms with van der Waals surface area (Å²) in [6, 6.07) is 28.4. The van der Waals surface area contributed by atoms with Crippen LogP contribution in [0.25, 0.3) is 0 Å².